The minimum atomic E-state index is -1.40. The highest BCUT2D eigenvalue weighted by atomic mass is 32.2. The second kappa shape index (κ2) is 29.1. The number of nitrogens with zero attached hydrogens (tertiary/aromatic N) is 1. The molecule has 22 nitrogen and oxygen atoms in total. The van der Waals surface area contributed by atoms with Gasteiger partial charge in [-0.25, -0.2) is 4.79 Å². The highest BCUT2D eigenvalue weighted by Gasteiger charge is 2.34. The third kappa shape index (κ3) is 16.7. The molecule has 0 saturated heterocycles. The molecule has 0 aliphatic heterocycles. The number of carboxylic acids is 1. The molecule has 18 N–H and O–H groups in total. The van der Waals surface area contributed by atoms with Crippen LogP contribution in [-0.2, 0) is 52.8 Å². The Morgan fingerprint density at radius 2 is 0.948 bits per heavy atom. The van der Waals surface area contributed by atoms with Gasteiger partial charge in [-0.15, -0.1) is 0 Å². The largest absolute Gasteiger partial charge is 0.480 e. The molecule has 24 heteroatoms. The number of unbranched alkanes of at least 4 members (excludes halogenated alkanes) is 1. The molecular weight excluding hydrogens is 1020 g/mol. The van der Waals surface area contributed by atoms with Crippen LogP contribution in [-0.4, -0.2) is 141 Å². The van der Waals surface area contributed by atoms with E-state index in [1.54, 1.807) is 18.6 Å². The van der Waals surface area contributed by atoms with Crippen LogP contribution in [0.1, 0.15) is 55.2 Å². The minimum Gasteiger partial charge on any atom is -0.480 e. The number of fused-ring (bicyclic) bond motifs is 3. The number of carbonyl (C=O) groups excluding carboxylic acids is 6. The Hall–Kier alpha value is -7.54. The summed E-state index contributed by atoms with van der Waals surface area (Å²) >= 11 is 5.94. The van der Waals surface area contributed by atoms with E-state index < -0.39 is 83.7 Å². The van der Waals surface area contributed by atoms with E-state index in [0.717, 1.165) is 32.7 Å². The molecule has 0 unspecified atom stereocenters. The van der Waals surface area contributed by atoms with Crippen molar-refractivity contribution < 1.29 is 38.7 Å². The molecule has 0 aliphatic carbocycles. The van der Waals surface area contributed by atoms with Crippen LogP contribution in [0.2, 0.25) is 0 Å². The number of hydrogen-bond donors (Lipinski definition) is 15. The van der Waals surface area contributed by atoms with Gasteiger partial charge in [-0.2, -0.15) is 24.4 Å². The Bertz CT molecular complexity index is 3010. The zero-order valence-corrected chi connectivity index (χ0v) is 44.5. The van der Waals surface area contributed by atoms with Crippen LogP contribution in [0.15, 0.2) is 96.4 Å². The zero-order valence-electron chi connectivity index (χ0n) is 42.8. The monoisotopic (exact) mass is 1090 g/mol. The SMILES string of the molecule is CSCC[C@H](N)C(=O)N[C@@H](CCCCN)C(=O)N[C@@H](Cc1c[nH]c2ccccc12)C(=O)N[C@@H](Cc1c[nH]c2ccccc12)C(=O)N[C@@H](CS)C(=O)N[C@@H](CCCN=C(N)N)C(=O)N[C@@H](Cc1c[nH]c2ccccc12)C(=O)O. The van der Waals surface area contributed by atoms with Gasteiger partial charge < -0.3 is 74.9 Å². The minimum absolute atomic E-state index is 0.0355. The van der Waals surface area contributed by atoms with Crippen molar-refractivity contribution in [2.24, 2.45) is 27.9 Å². The lowest BCUT2D eigenvalue weighted by atomic mass is 10.0. The molecular formula is C53H70N14O8S2. The molecule has 6 rings (SSSR count). The van der Waals surface area contributed by atoms with E-state index in [2.05, 4.69) is 64.5 Å². The van der Waals surface area contributed by atoms with E-state index in [9.17, 15) is 38.7 Å². The first-order valence-corrected chi connectivity index (χ1v) is 27.4. The average molecular weight is 1100 g/mol. The number of nitrogens with two attached hydrogens (primary N) is 4. The molecule has 0 aliphatic rings. The number of thioether (sulfide) groups is 1. The van der Waals surface area contributed by atoms with E-state index in [0.29, 0.717) is 48.3 Å². The maximum Gasteiger partial charge on any atom is 0.326 e. The Balaban J connectivity index is 1.26. The van der Waals surface area contributed by atoms with Gasteiger partial charge in [0.15, 0.2) is 5.96 Å². The van der Waals surface area contributed by atoms with Crippen LogP contribution in [0.4, 0.5) is 0 Å². The van der Waals surface area contributed by atoms with E-state index in [-0.39, 0.29) is 56.8 Å². The smallest absolute Gasteiger partial charge is 0.326 e. The van der Waals surface area contributed by atoms with Crippen LogP contribution >= 0.6 is 24.4 Å². The topological polar surface area (TPSA) is 376 Å². The molecule has 3 aromatic carbocycles. The summed E-state index contributed by atoms with van der Waals surface area (Å²) < 4.78 is 0. The fourth-order valence-corrected chi connectivity index (χ4v) is 9.67. The normalized spacial score (nSPS) is 14.1. The van der Waals surface area contributed by atoms with Gasteiger partial charge in [0.25, 0.3) is 0 Å². The Morgan fingerprint density at radius 3 is 1.39 bits per heavy atom. The summed E-state index contributed by atoms with van der Waals surface area (Å²) in [6, 6.07) is 13.3. The summed E-state index contributed by atoms with van der Waals surface area (Å²) in [6.45, 7) is 0.438. The van der Waals surface area contributed by atoms with Crippen molar-refractivity contribution in [3.05, 3.63) is 108 Å². The van der Waals surface area contributed by atoms with E-state index in [1.807, 2.05) is 79.1 Å². The molecule has 412 valence electrons. The van der Waals surface area contributed by atoms with Crippen LogP contribution in [0.3, 0.4) is 0 Å². The molecule has 0 fully saturated rings. The number of nitrogens with one attached hydrogen (secondary N) is 9. The number of rotatable bonds is 31. The third-order valence-corrected chi connectivity index (χ3v) is 14.1. The van der Waals surface area contributed by atoms with Gasteiger partial charge in [0, 0.05) is 82.9 Å². The highest BCUT2D eigenvalue weighted by Crippen LogP contribution is 2.23. The predicted molar refractivity (Wildman–Crippen MR) is 303 cm³/mol. The van der Waals surface area contributed by atoms with Gasteiger partial charge >= 0.3 is 5.97 Å². The Labute approximate surface area is 455 Å². The van der Waals surface area contributed by atoms with Gasteiger partial charge in [-0.3, -0.25) is 33.8 Å². The van der Waals surface area contributed by atoms with Crippen LogP contribution in [0, 0.1) is 0 Å². The maximum absolute atomic E-state index is 14.9. The van der Waals surface area contributed by atoms with Crippen molar-refractivity contribution in [1.29, 1.82) is 0 Å². The Morgan fingerprint density at radius 1 is 0.558 bits per heavy atom. The third-order valence-electron chi connectivity index (χ3n) is 13.1. The lowest BCUT2D eigenvalue weighted by molar-refractivity contribution is -0.142. The van der Waals surface area contributed by atoms with Gasteiger partial charge in [0.1, 0.15) is 36.3 Å². The number of aliphatic imine (C=N–C) groups is 1. The first kappa shape index (κ1) is 58.7. The summed E-state index contributed by atoms with van der Waals surface area (Å²) in [7, 11) is 0. The Kier molecular flexibility index (Phi) is 22.2. The number of hydrogen-bond acceptors (Lipinski definition) is 12. The molecule has 0 saturated carbocycles. The van der Waals surface area contributed by atoms with Crippen LogP contribution < -0.4 is 54.8 Å². The van der Waals surface area contributed by atoms with Gasteiger partial charge in [-0.05, 0) is 92.0 Å². The van der Waals surface area contributed by atoms with Crippen molar-refractivity contribution in [1.82, 2.24) is 46.9 Å². The van der Waals surface area contributed by atoms with E-state index in [1.165, 1.54) is 11.8 Å². The zero-order chi connectivity index (χ0) is 55.4. The summed E-state index contributed by atoms with van der Waals surface area (Å²) in [5.41, 5.74) is 27.4. The molecule has 0 spiro atoms. The number of amides is 6. The van der Waals surface area contributed by atoms with Crippen molar-refractivity contribution in [2.75, 3.05) is 30.9 Å². The predicted octanol–water partition coefficient (Wildman–Crippen LogP) is 1.34. The molecule has 7 atom stereocenters. The standard InChI is InChI=1S/C53H70N14O8S2/c1-77-22-19-36(55)46(68)62-40(17-8-9-20-54)47(69)64-42(23-30-26-59-37-14-5-2-11-33(30)37)49(71)65-43(24-31-27-60-38-15-6-3-12-34(31)38)50(72)67-45(29-76)51(73)63-41(18-10-21-58-53(56)57)48(70)66-44(52(74)75)25-32-28-61-39-16-7-4-13-35(32)39/h2-7,11-16,26-28,36,40-45,59-61,76H,8-10,17-25,29,54-55H2,1H3,(H,62,68)(H,63,73)(H,64,69)(H,65,71)(H,66,70)(H,67,72)(H,74,75)(H4,56,57,58)/t36-,40-,41-,42-,43-,44-,45-/m0/s1. The summed E-state index contributed by atoms with van der Waals surface area (Å²) in [6.07, 6.45) is 8.58. The maximum atomic E-state index is 14.9. The number of carboxylic acid groups (broad SMARTS) is 1. The average Bonchev–Trinajstić information content (AvgIpc) is 4.16. The number of guanidine groups is 1. The second-order valence-corrected chi connectivity index (χ2v) is 20.1. The fourth-order valence-electron chi connectivity index (χ4n) is 8.92. The van der Waals surface area contributed by atoms with Crippen molar-refractivity contribution in [3.63, 3.8) is 0 Å². The first-order valence-electron chi connectivity index (χ1n) is 25.4. The van der Waals surface area contributed by atoms with Crippen LogP contribution in [0.25, 0.3) is 32.7 Å². The summed E-state index contributed by atoms with van der Waals surface area (Å²) in [4.78, 5) is 112. The number of aromatic amines is 3. The quantitative estimate of drug-likeness (QED) is 0.0127. The van der Waals surface area contributed by atoms with Gasteiger partial charge in [0.05, 0.1) is 6.04 Å². The molecule has 0 bridgehead atoms. The van der Waals surface area contributed by atoms with Gasteiger partial charge in [-0.1, -0.05) is 54.6 Å². The number of H-pyrrole nitrogens is 3. The molecule has 77 heavy (non-hydrogen) atoms. The number of aromatic nitrogens is 3. The van der Waals surface area contributed by atoms with E-state index >= 15 is 0 Å². The summed E-state index contributed by atoms with van der Waals surface area (Å²) in [5.74, 6) is -5.53. The second-order valence-electron chi connectivity index (χ2n) is 18.7. The summed E-state index contributed by atoms with van der Waals surface area (Å²) in [5, 5.41) is 29.0. The van der Waals surface area contributed by atoms with Crippen LogP contribution in [0.5, 0.6) is 0 Å². The lowest BCUT2D eigenvalue weighted by Gasteiger charge is -2.27. The van der Waals surface area contributed by atoms with Gasteiger partial charge in [0.2, 0.25) is 35.4 Å². The number of para-hydroxylation sites is 3. The number of carbonyl (C=O) groups is 7. The number of thiol groups is 1. The van der Waals surface area contributed by atoms with Crippen molar-refractivity contribution in [3.8, 4) is 0 Å². The molecule has 3 aromatic heterocycles. The van der Waals surface area contributed by atoms with E-state index in [4.69, 9.17) is 22.9 Å². The first-order chi connectivity index (χ1) is 37.1. The number of benzene rings is 3. The fraction of sp³-hybridized carbons (Fsp3) is 0.396. The van der Waals surface area contributed by atoms with Crippen molar-refractivity contribution in [2.45, 2.75) is 100 Å². The van der Waals surface area contributed by atoms with Crippen molar-refractivity contribution >= 4 is 104 Å². The molecule has 6 amide bonds. The molecule has 3 heterocycles. The lowest BCUT2D eigenvalue weighted by Crippen LogP contribution is -2.60. The molecule has 6 aromatic rings. The highest BCUT2D eigenvalue weighted by molar-refractivity contribution is 7.98. The molecule has 0 radical (unpaired) electrons. The number of aliphatic carboxylic acids is 1.